The first-order valence-corrected chi connectivity index (χ1v) is 9.37. The summed E-state index contributed by atoms with van der Waals surface area (Å²) in [6.07, 6.45) is 1.82. The molecular weight excluding hydrogens is 358 g/mol. The number of carbonyl (C=O) groups excluding carboxylic acids is 1. The summed E-state index contributed by atoms with van der Waals surface area (Å²) in [7, 11) is 0. The molecule has 0 saturated carbocycles. The minimum atomic E-state index is -0.399. The average Bonchev–Trinajstić information content (AvgIpc) is 2.97. The van der Waals surface area contributed by atoms with Crippen LogP contribution < -0.4 is 5.76 Å². The number of morpholine rings is 1. The standard InChI is InChI=1S/C18H22ClN3O4/c19-14-3-4-16-15(10-14)22(18(24)26-16)12-20-5-1-2-13(11-20)17(23)21-6-8-25-9-7-21/h3-4,10,13H,1-2,5-9,11-12H2/t13-/m1/s1. The van der Waals surface area contributed by atoms with Crippen molar-refractivity contribution in [3.8, 4) is 0 Å². The van der Waals surface area contributed by atoms with Gasteiger partial charge in [0.05, 0.1) is 31.3 Å². The Morgan fingerprint density at radius 3 is 2.85 bits per heavy atom. The van der Waals surface area contributed by atoms with Crippen molar-refractivity contribution in [2.45, 2.75) is 19.5 Å². The first kappa shape index (κ1) is 17.6. The molecule has 0 radical (unpaired) electrons. The lowest BCUT2D eigenvalue weighted by Crippen LogP contribution is -2.48. The number of rotatable bonds is 3. The highest BCUT2D eigenvalue weighted by Crippen LogP contribution is 2.22. The summed E-state index contributed by atoms with van der Waals surface area (Å²) >= 11 is 6.06. The summed E-state index contributed by atoms with van der Waals surface area (Å²) < 4.78 is 12.2. The van der Waals surface area contributed by atoms with E-state index in [1.807, 2.05) is 4.90 Å². The van der Waals surface area contributed by atoms with E-state index in [0.717, 1.165) is 19.4 Å². The van der Waals surface area contributed by atoms with Crippen molar-refractivity contribution in [2.75, 3.05) is 39.4 Å². The first-order chi connectivity index (χ1) is 12.6. The molecule has 2 aliphatic rings. The second-order valence-corrected chi connectivity index (χ2v) is 7.34. The summed E-state index contributed by atoms with van der Waals surface area (Å²) in [6, 6.07) is 5.15. The minimum absolute atomic E-state index is 0.0284. The molecule has 1 aromatic heterocycles. The Balaban J connectivity index is 1.48. The molecule has 4 rings (SSSR count). The third-order valence-corrected chi connectivity index (χ3v) is 5.38. The number of halogens is 1. The van der Waals surface area contributed by atoms with Gasteiger partial charge >= 0.3 is 5.76 Å². The van der Waals surface area contributed by atoms with Gasteiger partial charge in [0.15, 0.2) is 5.58 Å². The number of nitrogens with zero attached hydrogens (tertiary/aromatic N) is 3. The van der Waals surface area contributed by atoms with Crippen LogP contribution >= 0.6 is 11.6 Å². The average molecular weight is 380 g/mol. The predicted octanol–water partition coefficient (Wildman–Crippen LogP) is 1.78. The Morgan fingerprint density at radius 2 is 2.04 bits per heavy atom. The highest BCUT2D eigenvalue weighted by molar-refractivity contribution is 6.31. The van der Waals surface area contributed by atoms with Crippen molar-refractivity contribution in [1.29, 1.82) is 0 Å². The number of amides is 1. The normalized spacial score (nSPS) is 22.0. The van der Waals surface area contributed by atoms with Crippen LogP contribution in [0.5, 0.6) is 0 Å². The van der Waals surface area contributed by atoms with E-state index >= 15 is 0 Å². The topological polar surface area (TPSA) is 67.9 Å². The quantitative estimate of drug-likeness (QED) is 0.813. The highest BCUT2D eigenvalue weighted by Gasteiger charge is 2.30. The molecule has 1 atom stereocenters. The molecule has 26 heavy (non-hydrogen) atoms. The van der Waals surface area contributed by atoms with E-state index in [1.54, 1.807) is 22.8 Å². The van der Waals surface area contributed by atoms with Gasteiger partial charge in [-0.3, -0.25) is 14.3 Å². The maximum absolute atomic E-state index is 12.8. The van der Waals surface area contributed by atoms with Gasteiger partial charge in [-0.1, -0.05) is 11.6 Å². The van der Waals surface area contributed by atoms with E-state index in [-0.39, 0.29) is 11.8 Å². The van der Waals surface area contributed by atoms with Gasteiger partial charge in [0.25, 0.3) is 0 Å². The van der Waals surface area contributed by atoms with Crippen LogP contribution in [0, 0.1) is 5.92 Å². The zero-order valence-electron chi connectivity index (χ0n) is 14.5. The SMILES string of the molecule is O=C([C@@H]1CCCN(Cn2c(=O)oc3ccc(Cl)cc32)C1)N1CCOCC1. The minimum Gasteiger partial charge on any atom is -0.408 e. The smallest absolute Gasteiger partial charge is 0.408 e. The Hall–Kier alpha value is -1.83. The molecule has 2 aliphatic heterocycles. The van der Waals surface area contributed by atoms with Crippen LogP contribution in [0.25, 0.3) is 11.1 Å². The fourth-order valence-electron chi connectivity index (χ4n) is 3.80. The van der Waals surface area contributed by atoms with E-state index in [0.29, 0.717) is 55.6 Å². The van der Waals surface area contributed by atoms with Crippen molar-refractivity contribution in [2.24, 2.45) is 5.92 Å². The first-order valence-electron chi connectivity index (χ1n) is 8.99. The lowest BCUT2D eigenvalue weighted by atomic mass is 9.96. The third-order valence-electron chi connectivity index (χ3n) is 5.15. The van der Waals surface area contributed by atoms with E-state index < -0.39 is 5.76 Å². The molecule has 0 unspecified atom stereocenters. The molecule has 7 nitrogen and oxygen atoms in total. The Morgan fingerprint density at radius 1 is 1.23 bits per heavy atom. The van der Waals surface area contributed by atoms with Gasteiger partial charge in [0.1, 0.15) is 0 Å². The summed E-state index contributed by atoms with van der Waals surface area (Å²) in [4.78, 5) is 29.0. The highest BCUT2D eigenvalue weighted by atomic mass is 35.5. The molecule has 2 fully saturated rings. The Kier molecular flexibility index (Phi) is 5.02. The molecule has 3 heterocycles. The Labute approximate surface area is 156 Å². The van der Waals surface area contributed by atoms with Crippen molar-refractivity contribution in [1.82, 2.24) is 14.4 Å². The zero-order chi connectivity index (χ0) is 18.1. The van der Waals surface area contributed by atoms with Crippen LogP contribution in [0.4, 0.5) is 0 Å². The molecule has 2 saturated heterocycles. The van der Waals surface area contributed by atoms with Gasteiger partial charge < -0.3 is 14.1 Å². The summed E-state index contributed by atoms with van der Waals surface area (Å²) in [5.74, 6) is -0.228. The number of hydrogen-bond donors (Lipinski definition) is 0. The molecule has 8 heteroatoms. The summed E-state index contributed by atoms with van der Waals surface area (Å²) in [5, 5.41) is 0.561. The maximum atomic E-state index is 12.8. The number of hydrogen-bond acceptors (Lipinski definition) is 5. The molecule has 1 amide bonds. The van der Waals surface area contributed by atoms with Crippen LogP contribution in [0.3, 0.4) is 0 Å². The van der Waals surface area contributed by atoms with E-state index in [2.05, 4.69) is 4.90 Å². The van der Waals surface area contributed by atoms with Gasteiger partial charge in [0, 0.05) is 24.7 Å². The lowest BCUT2D eigenvalue weighted by Gasteiger charge is -2.36. The summed E-state index contributed by atoms with van der Waals surface area (Å²) in [6.45, 7) is 4.46. The number of piperidine rings is 1. The fraction of sp³-hybridized carbons (Fsp3) is 0.556. The van der Waals surface area contributed by atoms with Crippen LogP contribution in [-0.4, -0.2) is 59.7 Å². The number of likely N-dealkylation sites (tertiary alicyclic amines) is 1. The number of aromatic nitrogens is 1. The van der Waals surface area contributed by atoms with Gasteiger partial charge in [-0.25, -0.2) is 4.79 Å². The fourth-order valence-corrected chi connectivity index (χ4v) is 3.96. The number of oxazole rings is 1. The molecule has 140 valence electrons. The Bertz CT molecular complexity index is 856. The number of benzene rings is 1. The third kappa shape index (κ3) is 3.51. The molecule has 0 spiro atoms. The van der Waals surface area contributed by atoms with Crippen molar-refractivity contribution >= 4 is 28.6 Å². The molecule has 2 aromatic rings. The van der Waals surface area contributed by atoms with Crippen LogP contribution in [-0.2, 0) is 16.2 Å². The van der Waals surface area contributed by atoms with Crippen LogP contribution in [0.15, 0.2) is 27.4 Å². The number of carbonyl (C=O) groups is 1. The lowest BCUT2D eigenvalue weighted by molar-refractivity contribution is -0.141. The van der Waals surface area contributed by atoms with Crippen LogP contribution in [0.2, 0.25) is 5.02 Å². The van der Waals surface area contributed by atoms with Gasteiger partial charge in [-0.05, 0) is 37.6 Å². The largest absolute Gasteiger partial charge is 0.421 e. The van der Waals surface area contributed by atoms with Gasteiger partial charge in [-0.2, -0.15) is 0 Å². The molecular formula is C18H22ClN3O4. The summed E-state index contributed by atoms with van der Waals surface area (Å²) in [5.41, 5.74) is 1.21. The van der Waals surface area contributed by atoms with Crippen LogP contribution in [0.1, 0.15) is 12.8 Å². The van der Waals surface area contributed by atoms with Crippen molar-refractivity contribution in [3.63, 3.8) is 0 Å². The molecule has 1 aromatic carbocycles. The molecule has 0 bridgehead atoms. The number of fused-ring (bicyclic) bond motifs is 1. The number of ether oxygens (including phenoxy) is 1. The second-order valence-electron chi connectivity index (χ2n) is 6.90. The maximum Gasteiger partial charge on any atom is 0.421 e. The van der Waals surface area contributed by atoms with Gasteiger partial charge in [0.2, 0.25) is 5.91 Å². The molecule has 0 N–H and O–H groups in total. The van der Waals surface area contributed by atoms with E-state index in [9.17, 15) is 9.59 Å². The second kappa shape index (κ2) is 7.42. The zero-order valence-corrected chi connectivity index (χ0v) is 15.3. The van der Waals surface area contributed by atoms with E-state index in [1.165, 1.54) is 0 Å². The molecule has 0 aliphatic carbocycles. The van der Waals surface area contributed by atoms with Gasteiger partial charge in [-0.15, -0.1) is 0 Å². The van der Waals surface area contributed by atoms with E-state index in [4.69, 9.17) is 20.8 Å². The van der Waals surface area contributed by atoms with Crippen molar-refractivity contribution < 1.29 is 13.9 Å². The predicted molar refractivity (Wildman–Crippen MR) is 97.2 cm³/mol. The monoisotopic (exact) mass is 379 g/mol. The van der Waals surface area contributed by atoms with Crippen molar-refractivity contribution in [3.05, 3.63) is 33.8 Å².